The van der Waals surface area contributed by atoms with E-state index < -0.39 is 0 Å². The Morgan fingerprint density at radius 3 is 2.94 bits per heavy atom. The zero-order valence-corrected chi connectivity index (χ0v) is 10.9. The molecular weight excluding hydrogens is 220 g/mol. The Labute approximate surface area is 103 Å². The molecule has 0 bridgehead atoms. The zero-order valence-electron chi connectivity index (χ0n) is 10.9. The van der Waals surface area contributed by atoms with Crippen molar-refractivity contribution in [2.24, 2.45) is 0 Å². The molecule has 0 spiro atoms. The van der Waals surface area contributed by atoms with Gasteiger partial charge in [0.1, 0.15) is 0 Å². The summed E-state index contributed by atoms with van der Waals surface area (Å²) in [6.45, 7) is 6.50. The van der Waals surface area contributed by atoms with Crippen LogP contribution in [0.25, 0.3) is 0 Å². The highest BCUT2D eigenvalue weighted by molar-refractivity contribution is 5.83. The lowest BCUT2D eigenvalue weighted by molar-refractivity contribution is -0.129. The summed E-state index contributed by atoms with van der Waals surface area (Å²) in [5, 5.41) is 3.20. The zero-order chi connectivity index (χ0) is 12.5. The number of rotatable bonds is 9. The topological polar surface area (TPSA) is 50.8 Å². The van der Waals surface area contributed by atoms with E-state index in [1.165, 1.54) is 0 Å². The lowest BCUT2D eigenvalue weighted by Gasteiger charge is -2.16. The fourth-order valence-electron chi connectivity index (χ4n) is 2.00. The van der Waals surface area contributed by atoms with Gasteiger partial charge in [0, 0.05) is 26.8 Å². The second kappa shape index (κ2) is 8.44. The van der Waals surface area contributed by atoms with E-state index in [4.69, 9.17) is 9.47 Å². The molecule has 17 heavy (non-hydrogen) atoms. The molecule has 5 heteroatoms. The minimum absolute atomic E-state index is 0.0365. The fourth-order valence-corrected chi connectivity index (χ4v) is 2.00. The largest absolute Gasteiger partial charge is 0.382 e. The van der Waals surface area contributed by atoms with Gasteiger partial charge in [-0.15, -0.1) is 0 Å². The molecule has 1 rings (SSSR count). The van der Waals surface area contributed by atoms with E-state index in [9.17, 15) is 4.79 Å². The summed E-state index contributed by atoms with van der Waals surface area (Å²) < 4.78 is 10.2. The number of nitrogens with one attached hydrogen (secondary N) is 1. The first-order chi connectivity index (χ1) is 8.29. The highest BCUT2D eigenvalue weighted by Crippen LogP contribution is 2.11. The van der Waals surface area contributed by atoms with Crippen molar-refractivity contribution in [2.75, 3.05) is 46.6 Å². The van der Waals surface area contributed by atoms with Crippen LogP contribution in [-0.4, -0.2) is 63.4 Å². The van der Waals surface area contributed by atoms with Crippen molar-refractivity contribution >= 4 is 5.91 Å². The highest BCUT2D eigenvalue weighted by atomic mass is 16.5. The molecule has 1 N–H and O–H groups in total. The standard InChI is InChI=1S/C12H24N2O3/c1-3-13-11-5-7-14(12(11)15)6-4-8-17-10-9-16-2/h11,13H,3-10H2,1-2H3. The second-order valence-electron chi connectivity index (χ2n) is 4.18. The molecule has 0 radical (unpaired) electrons. The maximum atomic E-state index is 11.9. The number of nitrogens with zero attached hydrogens (tertiary/aromatic N) is 1. The van der Waals surface area contributed by atoms with Gasteiger partial charge in [-0.05, 0) is 19.4 Å². The van der Waals surface area contributed by atoms with E-state index in [0.717, 1.165) is 32.5 Å². The Bertz CT molecular complexity index is 224. The van der Waals surface area contributed by atoms with Crippen molar-refractivity contribution in [1.82, 2.24) is 10.2 Å². The summed E-state index contributed by atoms with van der Waals surface area (Å²) in [5.74, 6) is 0.240. The van der Waals surface area contributed by atoms with Crippen LogP contribution in [-0.2, 0) is 14.3 Å². The van der Waals surface area contributed by atoms with Crippen LogP contribution in [0.2, 0.25) is 0 Å². The van der Waals surface area contributed by atoms with Crippen molar-refractivity contribution in [3.63, 3.8) is 0 Å². The van der Waals surface area contributed by atoms with E-state index in [1.807, 2.05) is 11.8 Å². The number of ether oxygens (including phenoxy) is 2. The quantitative estimate of drug-likeness (QED) is 0.591. The number of amides is 1. The van der Waals surface area contributed by atoms with Gasteiger partial charge in [0.15, 0.2) is 0 Å². The first-order valence-corrected chi connectivity index (χ1v) is 6.38. The number of carbonyl (C=O) groups excluding carboxylic acids is 1. The highest BCUT2D eigenvalue weighted by Gasteiger charge is 2.29. The van der Waals surface area contributed by atoms with Crippen LogP contribution in [0.5, 0.6) is 0 Å². The molecule has 0 aliphatic carbocycles. The molecule has 0 aromatic carbocycles. The first kappa shape index (κ1) is 14.4. The minimum atomic E-state index is 0.0365. The van der Waals surface area contributed by atoms with Crippen LogP contribution in [0.3, 0.4) is 0 Å². The van der Waals surface area contributed by atoms with Gasteiger partial charge in [0.2, 0.25) is 5.91 Å². The van der Waals surface area contributed by atoms with E-state index >= 15 is 0 Å². The van der Waals surface area contributed by atoms with Gasteiger partial charge in [-0.1, -0.05) is 6.92 Å². The average Bonchev–Trinajstić information content (AvgIpc) is 2.67. The Hall–Kier alpha value is -0.650. The van der Waals surface area contributed by atoms with Crippen molar-refractivity contribution in [2.45, 2.75) is 25.8 Å². The van der Waals surface area contributed by atoms with Crippen LogP contribution in [0.1, 0.15) is 19.8 Å². The summed E-state index contributed by atoms with van der Waals surface area (Å²) >= 11 is 0. The maximum absolute atomic E-state index is 11.9. The number of likely N-dealkylation sites (tertiary alicyclic amines) is 1. The number of carbonyl (C=O) groups is 1. The summed E-state index contributed by atoms with van der Waals surface area (Å²) in [6.07, 6.45) is 1.82. The Kier molecular flexibility index (Phi) is 7.16. The van der Waals surface area contributed by atoms with Crippen molar-refractivity contribution in [1.29, 1.82) is 0 Å². The van der Waals surface area contributed by atoms with Gasteiger partial charge in [0.05, 0.1) is 19.3 Å². The molecule has 1 saturated heterocycles. The number of hydrogen-bond acceptors (Lipinski definition) is 4. The lowest BCUT2D eigenvalue weighted by atomic mass is 10.2. The summed E-state index contributed by atoms with van der Waals surface area (Å²) in [4.78, 5) is 13.8. The Balaban J connectivity index is 2.06. The Morgan fingerprint density at radius 2 is 2.24 bits per heavy atom. The van der Waals surface area contributed by atoms with E-state index in [1.54, 1.807) is 7.11 Å². The molecule has 0 aromatic rings. The smallest absolute Gasteiger partial charge is 0.239 e. The van der Waals surface area contributed by atoms with Crippen molar-refractivity contribution in [3.05, 3.63) is 0 Å². The van der Waals surface area contributed by atoms with E-state index in [0.29, 0.717) is 19.8 Å². The molecule has 1 aliphatic rings. The first-order valence-electron chi connectivity index (χ1n) is 6.38. The van der Waals surface area contributed by atoms with Gasteiger partial charge in [0.25, 0.3) is 0 Å². The Morgan fingerprint density at radius 1 is 1.41 bits per heavy atom. The predicted molar refractivity (Wildman–Crippen MR) is 66.0 cm³/mol. The second-order valence-corrected chi connectivity index (χ2v) is 4.18. The summed E-state index contributed by atoms with van der Waals surface area (Å²) in [5.41, 5.74) is 0. The molecule has 100 valence electrons. The molecule has 5 nitrogen and oxygen atoms in total. The number of methoxy groups -OCH3 is 1. The molecule has 1 amide bonds. The molecular formula is C12H24N2O3. The van der Waals surface area contributed by atoms with E-state index in [-0.39, 0.29) is 11.9 Å². The van der Waals surface area contributed by atoms with Gasteiger partial charge < -0.3 is 19.7 Å². The molecule has 1 unspecified atom stereocenters. The van der Waals surface area contributed by atoms with Gasteiger partial charge in [-0.2, -0.15) is 0 Å². The third-order valence-corrected chi connectivity index (χ3v) is 2.90. The SMILES string of the molecule is CCNC1CCN(CCCOCCOC)C1=O. The molecule has 1 aliphatic heterocycles. The van der Waals surface area contributed by atoms with Crippen LogP contribution >= 0.6 is 0 Å². The fraction of sp³-hybridized carbons (Fsp3) is 0.917. The van der Waals surface area contributed by atoms with Crippen molar-refractivity contribution < 1.29 is 14.3 Å². The van der Waals surface area contributed by atoms with Crippen LogP contribution in [0.15, 0.2) is 0 Å². The summed E-state index contributed by atoms with van der Waals surface area (Å²) in [7, 11) is 1.66. The molecule has 1 atom stereocenters. The average molecular weight is 244 g/mol. The third kappa shape index (κ3) is 5.02. The number of likely N-dealkylation sites (N-methyl/N-ethyl adjacent to an activating group) is 1. The molecule has 0 saturated carbocycles. The predicted octanol–water partition coefficient (Wildman–Crippen LogP) is 0.250. The summed E-state index contributed by atoms with van der Waals surface area (Å²) in [6, 6.07) is 0.0365. The van der Waals surface area contributed by atoms with Crippen LogP contribution in [0.4, 0.5) is 0 Å². The van der Waals surface area contributed by atoms with Gasteiger partial charge in [-0.3, -0.25) is 4.79 Å². The number of hydrogen-bond donors (Lipinski definition) is 1. The monoisotopic (exact) mass is 244 g/mol. The normalized spacial score (nSPS) is 20.2. The van der Waals surface area contributed by atoms with Crippen LogP contribution < -0.4 is 5.32 Å². The van der Waals surface area contributed by atoms with Gasteiger partial charge >= 0.3 is 0 Å². The van der Waals surface area contributed by atoms with Crippen LogP contribution in [0, 0.1) is 0 Å². The maximum Gasteiger partial charge on any atom is 0.239 e. The minimum Gasteiger partial charge on any atom is -0.382 e. The molecule has 1 fully saturated rings. The van der Waals surface area contributed by atoms with Crippen molar-refractivity contribution in [3.8, 4) is 0 Å². The van der Waals surface area contributed by atoms with Gasteiger partial charge in [-0.25, -0.2) is 0 Å². The molecule has 0 aromatic heterocycles. The lowest BCUT2D eigenvalue weighted by Crippen LogP contribution is -2.38. The van der Waals surface area contributed by atoms with E-state index in [2.05, 4.69) is 5.32 Å². The molecule has 1 heterocycles. The third-order valence-electron chi connectivity index (χ3n) is 2.90.